The molecule has 0 unspecified atom stereocenters. The van der Waals surface area contributed by atoms with Crippen LogP contribution in [0.2, 0.25) is 0 Å². The van der Waals surface area contributed by atoms with E-state index >= 15 is 0 Å². The Bertz CT molecular complexity index is 591. The van der Waals surface area contributed by atoms with Crippen molar-refractivity contribution >= 4 is 17.8 Å². The molecule has 0 aliphatic heterocycles. The SMILES string of the molecule is O=[N+]([O-])c1c(O)cccc1C=Cc1ccccc1. The summed E-state index contributed by atoms with van der Waals surface area (Å²) >= 11 is 0. The maximum atomic E-state index is 10.9. The van der Waals surface area contributed by atoms with Crippen LogP contribution >= 0.6 is 0 Å². The van der Waals surface area contributed by atoms with Crippen LogP contribution in [0.25, 0.3) is 12.2 Å². The van der Waals surface area contributed by atoms with E-state index in [0.29, 0.717) is 5.56 Å². The molecule has 2 aromatic carbocycles. The van der Waals surface area contributed by atoms with Crippen LogP contribution in [0.3, 0.4) is 0 Å². The lowest BCUT2D eigenvalue weighted by atomic mass is 10.1. The van der Waals surface area contributed by atoms with Gasteiger partial charge in [0.2, 0.25) is 0 Å². The van der Waals surface area contributed by atoms with E-state index in [0.717, 1.165) is 5.56 Å². The molecule has 1 N–H and O–H groups in total. The maximum absolute atomic E-state index is 10.9. The molecule has 90 valence electrons. The van der Waals surface area contributed by atoms with Gasteiger partial charge in [-0.2, -0.15) is 0 Å². The number of para-hydroxylation sites is 1. The summed E-state index contributed by atoms with van der Waals surface area (Å²) in [6, 6.07) is 13.9. The van der Waals surface area contributed by atoms with Crippen molar-refractivity contribution in [3.05, 3.63) is 69.8 Å². The smallest absolute Gasteiger partial charge is 0.317 e. The summed E-state index contributed by atoms with van der Waals surface area (Å²) in [4.78, 5) is 10.3. The third kappa shape index (κ3) is 2.55. The summed E-state index contributed by atoms with van der Waals surface area (Å²) in [5, 5.41) is 20.3. The normalized spacial score (nSPS) is 10.7. The van der Waals surface area contributed by atoms with Crippen molar-refractivity contribution in [3.63, 3.8) is 0 Å². The van der Waals surface area contributed by atoms with E-state index in [2.05, 4.69) is 0 Å². The molecule has 4 heteroatoms. The maximum Gasteiger partial charge on any atom is 0.317 e. The van der Waals surface area contributed by atoms with E-state index in [1.54, 1.807) is 24.3 Å². The van der Waals surface area contributed by atoms with Gasteiger partial charge in [0.05, 0.1) is 10.5 Å². The van der Waals surface area contributed by atoms with E-state index in [-0.39, 0.29) is 11.4 Å². The van der Waals surface area contributed by atoms with Crippen molar-refractivity contribution in [2.24, 2.45) is 0 Å². The Kier molecular flexibility index (Phi) is 3.38. The summed E-state index contributed by atoms with van der Waals surface area (Å²) in [5.41, 5.74) is 1.05. The molecule has 0 aromatic heterocycles. The quantitative estimate of drug-likeness (QED) is 0.508. The molecule has 0 saturated heterocycles. The molecule has 18 heavy (non-hydrogen) atoms. The second-order valence-electron chi connectivity index (χ2n) is 3.72. The number of nitrogens with zero attached hydrogens (tertiary/aromatic N) is 1. The predicted octanol–water partition coefficient (Wildman–Crippen LogP) is 3.47. The number of benzene rings is 2. The average Bonchev–Trinajstić information content (AvgIpc) is 2.37. The summed E-state index contributed by atoms with van der Waals surface area (Å²) in [7, 11) is 0. The monoisotopic (exact) mass is 241 g/mol. The van der Waals surface area contributed by atoms with Crippen LogP contribution in [0, 0.1) is 10.1 Å². The highest BCUT2D eigenvalue weighted by Crippen LogP contribution is 2.30. The fraction of sp³-hybridized carbons (Fsp3) is 0. The fourth-order valence-corrected chi connectivity index (χ4v) is 1.63. The molecule has 0 spiro atoms. The lowest BCUT2D eigenvalue weighted by Crippen LogP contribution is -1.91. The summed E-state index contributed by atoms with van der Waals surface area (Å²) in [6.45, 7) is 0. The Morgan fingerprint density at radius 1 is 1.00 bits per heavy atom. The van der Waals surface area contributed by atoms with Crippen LogP contribution in [0.5, 0.6) is 5.75 Å². The molecule has 0 atom stereocenters. The summed E-state index contributed by atoms with van der Waals surface area (Å²) in [5.74, 6) is -0.324. The standard InChI is InChI=1S/C14H11NO3/c16-13-8-4-7-12(14(13)15(17)18)10-9-11-5-2-1-3-6-11/h1-10,16H. The molecule has 2 aromatic rings. The summed E-state index contributed by atoms with van der Waals surface area (Å²) in [6.07, 6.45) is 3.38. The molecule has 2 rings (SSSR count). The largest absolute Gasteiger partial charge is 0.502 e. The van der Waals surface area contributed by atoms with Gasteiger partial charge in [0.25, 0.3) is 0 Å². The topological polar surface area (TPSA) is 63.4 Å². The molecule has 0 amide bonds. The van der Waals surface area contributed by atoms with Gasteiger partial charge in [-0.1, -0.05) is 42.5 Å². The zero-order valence-corrected chi connectivity index (χ0v) is 9.48. The van der Waals surface area contributed by atoms with Crippen LogP contribution in [0.1, 0.15) is 11.1 Å². The first-order valence-electron chi connectivity index (χ1n) is 5.38. The van der Waals surface area contributed by atoms with Crippen molar-refractivity contribution in [1.82, 2.24) is 0 Å². The van der Waals surface area contributed by atoms with Gasteiger partial charge in [-0.05, 0) is 23.8 Å². The Labute approximate surface area is 104 Å². The molecule has 0 saturated carbocycles. The van der Waals surface area contributed by atoms with Crippen molar-refractivity contribution in [3.8, 4) is 5.75 Å². The first kappa shape index (κ1) is 11.9. The number of hydrogen-bond acceptors (Lipinski definition) is 3. The highest BCUT2D eigenvalue weighted by atomic mass is 16.6. The number of hydrogen-bond donors (Lipinski definition) is 1. The van der Waals surface area contributed by atoms with E-state index in [1.165, 1.54) is 6.07 Å². The molecule has 0 aliphatic rings. The van der Waals surface area contributed by atoms with Gasteiger partial charge in [-0.15, -0.1) is 0 Å². The molecule has 0 fully saturated rings. The van der Waals surface area contributed by atoms with E-state index in [9.17, 15) is 15.2 Å². The zero-order chi connectivity index (χ0) is 13.0. The number of phenols is 1. The number of rotatable bonds is 3. The number of phenolic OH excluding ortho intramolecular Hbond substituents is 1. The predicted molar refractivity (Wildman–Crippen MR) is 70.1 cm³/mol. The van der Waals surface area contributed by atoms with Crippen LogP contribution in [-0.4, -0.2) is 10.0 Å². The third-order valence-electron chi connectivity index (χ3n) is 2.48. The minimum atomic E-state index is -0.583. The number of nitro groups is 1. The van der Waals surface area contributed by atoms with E-state index in [1.807, 2.05) is 30.3 Å². The Hall–Kier alpha value is -2.62. The highest BCUT2D eigenvalue weighted by Gasteiger charge is 2.16. The second-order valence-corrected chi connectivity index (χ2v) is 3.72. The van der Waals surface area contributed by atoms with E-state index < -0.39 is 4.92 Å². The van der Waals surface area contributed by atoms with Crippen molar-refractivity contribution in [1.29, 1.82) is 0 Å². The molecular formula is C14H11NO3. The minimum absolute atomic E-state index is 0.273. The third-order valence-corrected chi connectivity index (χ3v) is 2.48. The zero-order valence-electron chi connectivity index (χ0n) is 9.48. The molecule has 0 radical (unpaired) electrons. The van der Waals surface area contributed by atoms with Gasteiger partial charge in [-0.3, -0.25) is 10.1 Å². The van der Waals surface area contributed by atoms with Gasteiger partial charge < -0.3 is 5.11 Å². The Morgan fingerprint density at radius 3 is 2.39 bits per heavy atom. The molecule has 0 bridgehead atoms. The van der Waals surface area contributed by atoms with Crippen molar-refractivity contribution in [2.75, 3.05) is 0 Å². The minimum Gasteiger partial charge on any atom is -0.502 e. The van der Waals surface area contributed by atoms with Gasteiger partial charge in [0.1, 0.15) is 0 Å². The Balaban J connectivity index is 2.38. The first-order valence-corrected chi connectivity index (χ1v) is 5.38. The fourth-order valence-electron chi connectivity index (χ4n) is 1.63. The highest BCUT2D eigenvalue weighted by molar-refractivity contribution is 5.76. The van der Waals surface area contributed by atoms with Gasteiger partial charge in [0.15, 0.2) is 5.75 Å². The van der Waals surface area contributed by atoms with Crippen LogP contribution in [0.15, 0.2) is 48.5 Å². The summed E-state index contributed by atoms with van der Waals surface area (Å²) < 4.78 is 0. The van der Waals surface area contributed by atoms with Crippen LogP contribution in [-0.2, 0) is 0 Å². The van der Waals surface area contributed by atoms with E-state index in [4.69, 9.17) is 0 Å². The van der Waals surface area contributed by atoms with Gasteiger partial charge in [-0.25, -0.2) is 0 Å². The molecule has 4 nitrogen and oxygen atoms in total. The van der Waals surface area contributed by atoms with Crippen molar-refractivity contribution in [2.45, 2.75) is 0 Å². The lowest BCUT2D eigenvalue weighted by molar-refractivity contribution is -0.386. The molecular weight excluding hydrogens is 230 g/mol. The van der Waals surface area contributed by atoms with Crippen LogP contribution in [0.4, 0.5) is 5.69 Å². The van der Waals surface area contributed by atoms with Crippen molar-refractivity contribution < 1.29 is 10.0 Å². The van der Waals surface area contributed by atoms with Crippen LogP contribution < -0.4 is 0 Å². The average molecular weight is 241 g/mol. The van der Waals surface area contributed by atoms with Gasteiger partial charge >= 0.3 is 5.69 Å². The first-order chi connectivity index (χ1) is 8.68. The second kappa shape index (κ2) is 5.14. The molecule has 0 aliphatic carbocycles. The number of nitro benzene ring substituents is 1. The Morgan fingerprint density at radius 2 is 1.72 bits per heavy atom. The lowest BCUT2D eigenvalue weighted by Gasteiger charge is -1.99. The van der Waals surface area contributed by atoms with Gasteiger partial charge in [0, 0.05) is 0 Å². The number of aromatic hydroxyl groups is 1. The molecule has 0 heterocycles.